The monoisotopic (exact) mass is 296 g/mol. The molecule has 2 aromatic rings. The molecule has 0 amide bonds. The van der Waals surface area contributed by atoms with E-state index in [1.54, 1.807) is 0 Å². The molecular formula is C18H24N4. The van der Waals surface area contributed by atoms with Crippen molar-refractivity contribution >= 4 is 5.82 Å². The molecule has 1 aromatic heterocycles. The summed E-state index contributed by atoms with van der Waals surface area (Å²) in [5.74, 6) is 1.42. The molecule has 4 heteroatoms. The predicted octanol–water partition coefficient (Wildman–Crippen LogP) is 3.43. The molecule has 22 heavy (non-hydrogen) atoms. The van der Waals surface area contributed by atoms with Crippen molar-refractivity contribution in [3.8, 4) is 11.3 Å². The first kappa shape index (κ1) is 15.0. The fraction of sp³-hybridized carbons (Fsp3) is 0.444. The lowest BCUT2D eigenvalue weighted by atomic mass is 10.0. The van der Waals surface area contributed by atoms with Gasteiger partial charge in [-0.05, 0) is 49.5 Å². The fourth-order valence-electron chi connectivity index (χ4n) is 2.78. The molecule has 0 atom stereocenters. The number of hydrogen-bond acceptors (Lipinski definition) is 4. The molecule has 0 saturated carbocycles. The normalized spacial score (nSPS) is 16.0. The predicted molar refractivity (Wildman–Crippen MR) is 91.1 cm³/mol. The number of aromatic nitrogens is 2. The highest BCUT2D eigenvalue weighted by Crippen LogP contribution is 2.21. The zero-order valence-electron chi connectivity index (χ0n) is 13.3. The van der Waals surface area contributed by atoms with Gasteiger partial charge in [-0.3, -0.25) is 0 Å². The van der Waals surface area contributed by atoms with Gasteiger partial charge in [0.15, 0.2) is 0 Å². The van der Waals surface area contributed by atoms with Gasteiger partial charge in [0.1, 0.15) is 5.82 Å². The van der Waals surface area contributed by atoms with Crippen LogP contribution in [0.25, 0.3) is 11.3 Å². The van der Waals surface area contributed by atoms with Gasteiger partial charge in [-0.25, -0.2) is 0 Å². The lowest BCUT2D eigenvalue weighted by Gasteiger charge is -2.23. The van der Waals surface area contributed by atoms with Crippen molar-refractivity contribution in [2.45, 2.75) is 38.6 Å². The molecule has 4 nitrogen and oxygen atoms in total. The van der Waals surface area contributed by atoms with Gasteiger partial charge in [0.2, 0.25) is 0 Å². The summed E-state index contributed by atoms with van der Waals surface area (Å²) >= 11 is 0. The minimum Gasteiger partial charge on any atom is -0.366 e. The molecule has 2 heterocycles. The van der Waals surface area contributed by atoms with Crippen LogP contribution < -0.4 is 10.6 Å². The second-order valence-electron chi connectivity index (χ2n) is 6.25. The summed E-state index contributed by atoms with van der Waals surface area (Å²) in [4.78, 5) is 0. The van der Waals surface area contributed by atoms with E-state index in [1.807, 2.05) is 12.1 Å². The first-order chi connectivity index (χ1) is 10.7. The van der Waals surface area contributed by atoms with Crippen molar-refractivity contribution < 1.29 is 0 Å². The number of nitrogens with zero attached hydrogens (tertiary/aromatic N) is 2. The van der Waals surface area contributed by atoms with Crippen LogP contribution >= 0.6 is 0 Å². The van der Waals surface area contributed by atoms with E-state index in [0.29, 0.717) is 12.0 Å². The summed E-state index contributed by atoms with van der Waals surface area (Å²) in [5.41, 5.74) is 3.39. The molecule has 0 aliphatic carbocycles. The maximum Gasteiger partial charge on any atom is 0.148 e. The lowest BCUT2D eigenvalue weighted by molar-refractivity contribution is 0.478. The Morgan fingerprint density at radius 2 is 1.73 bits per heavy atom. The second kappa shape index (κ2) is 6.88. The molecule has 116 valence electrons. The van der Waals surface area contributed by atoms with Crippen LogP contribution in [0.1, 0.15) is 38.2 Å². The quantitative estimate of drug-likeness (QED) is 0.907. The molecule has 0 unspecified atom stereocenters. The lowest BCUT2D eigenvalue weighted by Crippen LogP contribution is -2.35. The summed E-state index contributed by atoms with van der Waals surface area (Å²) in [5, 5.41) is 15.5. The zero-order valence-corrected chi connectivity index (χ0v) is 13.3. The molecule has 0 spiro atoms. The Kier molecular flexibility index (Phi) is 4.68. The van der Waals surface area contributed by atoms with Crippen molar-refractivity contribution in [3.05, 3.63) is 42.0 Å². The third-order valence-corrected chi connectivity index (χ3v) is 4.23. The standard InChI is InChI=1S/C18H24N4/c1-13(2)14-3-5-15(6-4-14)17-7-8-18(22-21-17)20-16-9-11-19-12-10-16/h3-8,13,16,19H,9-12H2,1-2H3,(H,20,22). The minimum atomic E-state index is 0.506. The van der Waals surface area contributed by atoms with Crippen LogP contribution in [-0.4, -0.2) is 29.3 Å². The van der Waals surface area contributed by atoms with E-state index in [2.05, 4.69) is 58.9 Å². The zero-order chi connectivity index (χ0) is 15.4. The van der Waals surface area contributed by atoms with Crippen LogP contribution in [0.15, 0.2) is 36.4 Å². The smallest absolute Gasteiger partial charge is 0.148 e. The summed E-state index contributed by atoms with van der Waals surface area (Å²) < 4.78 is 0. The van der Waals surface area contributed by atoms with E-state index < -0.39 is 0 Å². The van der Waals surface area contributed by atoms with Gasteiger partial charge in [-0.15, -0.1) is 10.2 Å². The Hall–Kier alpha value is -1.94. The van der Waals surface area contributed by atoms with Crippen molar-refractivity contribution in [2.75, 3.05) is 18.4 Å². The van der Waals surface area contributed by atoms with Gasteiger partial charge in [-0.1, -0.05) is 38.1 Å². The number of nitrogens with one attached hydrogen (secondary N) is 2. The second-order valence-corrected chi connectivity index (χ2v) is 6.25. The molecule has 0 bridgehead atoms. The third kappa shape index (κ3) is 3.63. The van der Waals surface area contributed by atoms with Gasteiger partial charge in [-0.2, -0.15) is 0 Å². The molecule has 1 fully saturated rings. The molecule has 1 aliphatic heterocycles. The molecule has 0 radical (unpaired) electrons. The first-order valence-electron chi connectivity index (χ1n) is 8.13. The number of benzene rings is 1. The Morgan fingerprint density at radius 3 is 2.32 bits per heavy atom. The highest BCUT2D eigenvalue weighted by molar-refractivity contribution is 5.60. The van der Waals surface area contributed by atoms with E-state index in [9.17, 15) is 0 Å². The van der Waals surface area contributed by atoms with E-state index in [4.69, 9.17) is 0 Å². The maximum atomic E-state index is 4.36. The van der Waals surface area contributed by atoms with Crippen molar-refractivity contribution in [3.63, 3.8) is 0 Å². The van der Waals surface area contributed by atoms with Gasteiger partial charge >= 0.3 is 0 Å². The summed E-state index contributed by atoms with van der Waals surface area (Å²) in [7, 11) is 0. The van der Waals surface area contributed by atoms with Crippen LogP contribution in [-0.2, 0) is 0 Å². The van der Waals surface area contributed by atoms with Gasteiger partial charge in [0.05, 0.1) is 5.69 Å². The van der Waals surface area contributed by atoms with Gasteiger partial charge < -0.3 is 10.6 Å². The van der Waals surface area contributed by atoms with Crippen LogP contribution in [0.2, 0.25) is 0 Å². The summed E-state index contributed by atoms with van der Waals surface area (Å²) in [6.45, 7) is 6.56. The average molecular weight is 296 g/mol. The Balaban J connectivity index is 1.67. The van der Waals surface area contributed by atoms with Gasteiger partial charge in [0.25, 0.3) is 0 Å². The molecule has 1 saturated heterocycles. The number of piperidine rings is 1. The van der Waals surface area contributed by atoms with Crippen molar-refractivity contribution in [1.82, 2.24) is 15.5 Å². The Bertz CT molecular complexity index is 583. The SMILES string of the molecule is CC(C)c1ccc(-c2ccc(NC3CCNCC3)nn2)cc1. The van der Waals surface area contributed by atoms with E-state index in [1.165, 1.54) is 5.56 Å². The number of hydrogen-bond donors (Lipinski definition) is 2. The van der Waals surface area contributed by atoms with Crippen molar-refractivity contribution in [2.24, 2.45) is 0 Å². The highest BCUT2D eigenvalue weighted by atomic mass is 15.2. The molecule has 1 aliphatic rings. The minimum absolute atomic E-state index is 0.506. The average Bonchev–Trinajstić information content (AvgIpc) is 2.57. The largest absolute Gasteiger partial charge is 0.366 e. The third-order valence-electron chi connectivity index (χ3n) is 4.23. The topological polar surface area (TPSA) is 49.8 Å². The number of anilines is 1. The Morgan fingerprint density at radius 1 is 1.00 bits per heavy atom. The Labute approximate surface area is 132 Å². The van der Waals surface area contributed by atoms with E-state index in [0.717, 1.165) is 43.0 Å². The first-order valence-corrected chi connectivity index (χ1v) is 8.13. The molecule has 3 rings (SSSR count). The van der Waals surface area contributed by atoms with Crippen LogP contribution in [0, 0.1) is 0 Å². The fourth-order valence-corrected chi connectivity index (χ4v) is 2.78. The van der Waals surface area contributed by atoms with Crippen LogP contribution in [0.5, 0.6) is 0 Å². The van der Waals surface area contributed by atoms with Crippen molar-refractivity contribution in [1.29, 1.82) is 0 Å². The van der Waals surface area contributed by atoms with Crippen LogP contribution in [0.4, 0.5) is 5.82 Å². The van der Waals surface area contributed by atoms with Crippen LogP contribution in [0.3, 0.4) is 0 Å². The summed E-state index contributed by atoms with van der Waals surface area (Å²) in [6, 6.07) is 13.2. The van der Waals surface area contributed by atoms with Gasteiger partial charge in [0, 0.05) is 11.6 Å². The van der Waals surface area contributed by atoms with E-state index in [-0.39, 0.29) is 0 Å². The molecular weight excluding hydrogens is 272 g/mol. The maximum absolute atomic E-state index is 4.36. The summed E-state index contributed by atoms with van der Waals surface area (Å²) in [6.07, 6.45) is 2.28. The molecule has 2 N–H and O–H groups in total. The highest BCUT2D eigenvalue weighted by Gasteiger charge is 2.13. The molecule has 1 aromatic carbocycles. The van der Waals surface area contributed by atoms with E-state index >= 15 is 0 Å². The number of rotatable bonds is 4.